The van der Waals surface area contributed by atoms with Gasteiger partial charge in [0.1, 0.15) is 0 Å². The van der Waals surface area contributed by atoms with Gasteiger partial charge in [-0.3, -0.25) is 9.69 Å². The molecule has 1 saturated carbocycles. The standard InChI is InChI=1S/C17H22N4O3S/c1-13(17(22)19-15-4-5-15)20-8-10-21(11-9-20)25(23,24)16-6-2-14(12-18)3-7-16/h2-3,6-7,13,15H,4-5,8-11H2,1H3,(H,19,22). The Balaban J connectivity index is 1.60. The Morgan fingerprint density at radius 1 is 1.20 bits per heavy atom. The van der Waals surface area contributed by atoms with E-state index in [-0.39, 0.29) is 16.8 Å². The molecule has 134 valence electrons. The average Bonchev–Trinajstić information content (AvgIpc) is 3.45. The molecule has 0 spiro atoms. The summed E-state index contributed by atoms with van der Waals surface area (Å²) in [5.41, 5.74) is 0.430. The van der Waals surface area contributed by atoms with Gasteiger partial charge in [0.15, 0.2) is 0 Å². The topological polar surface area (TPSA) is 93.5 Å². The van der Waals surface area contributed by atoms with Crippen LogP contribution in [0.15, 0.2) is 29.2 Å². The van der Waals surface area contributed by atoms with Gasteiger partial charge in [-0.25, -0.2) is 8.42 Å². The molecule has 1 aromatic carbocycles. The minimum absolute atomic E-state index is 0.0194. The second-order valence-electron chi connectivity index (χ2n) is 6.54. The zero-order chi connectivity index (χ0) is 18.0. The predicted octanol–water partition coefficient (Wildman–Crippen LogP) is 0.532. The van der Waals surface area contributed by atoms with Crippen molar-refractivity contribution in [1.82, 2.24) is 14.5 Å². The average molecular weight is 362 g/mol. The minimum Gasteiger partial charge on any atom is -0.352 e. The lowest BCUT2D eigenvalue weighted by Gasteiger charge is -2.36. The third-order valence-corrected chi connectivity index (χ3v) is 6.66. The molecule has 7 nitrogen and oxygen atoms in total. The van der Waals surface area contributed by atoms with Crippen molar-refractivity contribution in [2.45, 2.75) is 36.7 Å². The largest absolute Gasteiger partial charge is 0.352 e. The number of benzene rings is 1. The van der Waals surface area contributed by atoms with Crippen molar-refractivity contribution < 1.29 is 13.2 Å². The predicted molar refractivity (Wildman–Crippen MR) is 92.1 cm³/mol. The molecule has 1 heterocycles. The highest BCUT2D eigenvalue weighted by Gasteiger charge is 2.33. The molecule has 0 bridgehead atoms. The van der Waals surface area contributed by atoms with E-state index in [1.165, 1.54) is 28.6 Å². The fraction of sp³-hybridized carbons (Fsp3) is 0.529. The lowest BCUT2D eigenvalue weighted by Crippen LogP contribution is -2.55. The van der Waals surface area contributed by atoms with E-state index in [1.807, 2.05) is 17.9 Å². The van der Waals surface area contributed by atoms with Gasteiger partial charge in [0.05, 0.1) is 22.6 Å². The van der Waals surface area contributed by atoms with E-state index in [2.05, 4.69) is 5.32 Å². The third-order valence-electron chi connectivity index (χ3n) is 4.75. The van der Waals surface area contributed by atoms with Crippen molar-refractivity contribution >= 4 is 15.9 Å². The van der Waals surface area contributed by atoms with Gasteiger partial charge >= 0.3 is 0 Å². The Morgan fingerprint density at radius 2 is 1.80 bits per heavy atom. The van der Waals surface area contributed by atoms with Crippen LogP contribution in [0.5, 0.6) is 0 Å². The Labute approximate surface area is 148 Å². The van der Waals surface area contributed by atoms with Crippen molar-refractivity contribution in [2.24, 2.45) is 0 Å². The van der Waals surface area contributed by atoms with Gasteiger partial charge < -0.3 is 5.32 Å². The van der Waals surface area contributed by atoms with Crippen LogP contribution in [0.1, 0.15) is 25.3 Å². The number of hydrogen-bond acceptors (Lipinski definition) is 5. The molecule has 2 aliphatic rings. The molecule has 1 aliphatic heterocycles. The molecule has 8 heteroatoms. The van der Waals surface area contributed by atoms with Crippen LogP contribution in [0, 0.1) is 11.3 Å². The second-order valence-corrected chi connectivity index (χ2v) is 8.47. The number of rotatable bonds is 5. The van der Waals surface area contributed by atoms with Crippen LogP contribution in [0.25, 0.3) is 0 Å². The first-order chi connectivity index (χ1) is 11.9. The van der Waals surface area contributed by atoms with Gasteiger partial charge in [-0.2, -0.15) is 9.57 Å². The lowest BCUT2D eigenvalue weighted by molar-refractivity contribution is -0.126. The summed E-state index contributed by atoms with van der Waals surface area (Å²) in [4.78, 5) is 14.4. The number of carbonyl (C=O) groups excluding carboxylic acids is 1. The van der Waals surface area contributed by atoms with Crippen molar-refractivity contribution in [1.29, 1.82) is 5.26 Å². The molecular weight excluding hydrogens is 340 g/mol. The van der Waals surface area contributed by atoms with Crippen LogP contribution >= 0.6 is 0 Å². The van der Waals surface area contributed by atoms with Crippen LogP contribution < -0.4 is 5.32 Å². The van der Waals surface area contributed by atoms with Crippen molar-refractivity contribution in [2.75, 3.05) is 26.2 Å². The Bertz CT molecular complexity index is 773. The first-order valence-corrected chi connectivity index (χ1v) is 9.90. The molecule has 25 heavy (non-hydrogen) atoms. The first kappa shape index (κ1) is 17.9. The summed E-state index contributed by atoms with van der Waals surface area (Å²) >= 11 is 0. The summed E-state index contributed by atoms with van der Waals surface area (Å²) < 4.78 is 26.8. The SMILES string of the molecule is CC(C(=O)NC1CC1)N1CCN(S(=O)(=O)c2ccc(C#N)cc2)CC1. The number of nitrogens with zero attached hydrogens (tertiary/aromatic N) is 3. The fourth-order valence-electron chi connectivity index (χ4n) is 2.90. The normalized spacial score (nSPS) is 20.6. The fourth-order valence-corrected chi connectivity index (χ4v) is 4.32. The molecule has 1 aromatic rings. The van der Waals surface area contributed by atoms with Crippen LogP contribution in [-0.4, -0.2) is 61.8 Å². The maximum atomic E-state index is 12.7. The number of sulfonamides is 1. The van der Waals surface area contributed by atoms with E-state index < -0.39 is 10.0 Å². The number of piperazine rings is 1. The van der Waals surface area contributed by atoms with Gasteiger partial charge in [-0.15, -0.1) is 0 Å². The molecule has 1 N–H and O–H groups in total. The second kappa shape index (κ2) is 7.12. The zero-order valence-electron chi connectivity index (χ0n) is 14.2. The monoisotopic (exact) mass is 362 g/mol. The quantitative estimate of drug-likeness (QED) is 0.825. The Hall–Kier alpha value is -1.95. The summed E-state index contributed by atoms with van der Waals surface area (Å²) in [6.45, 7) is 3.61. The summed E-state index contributed by atoms with van der Waals surface area (Å²) in [7, 11) is -3.57. The van der Waals surface area contributed by atoms with Gasteiger partial charge in [-0.05, 0) is 44.0 Å². The lowest BCUT2D eigenvalue weighted by atomic mass is 10.2. The van der Waals surface area contributed by atoms with E-state index in [9.17, 15) is 13.2 Å². The number of nitriles is 1. The number of carbonyl (C=O) groups is 1. The number of amides is 1. The van der Waals surface area contributed by atoms with Crippen molar-refractivity contribution in [3.05, 3.63) is 29.8 Å². The maximum Gasteiger partial charge on any atom is 0.243 e. The molecule has 1 amide bonds. The van der Waals surface area contributed by atoms with Crippen LogP contribution in [0.4, 0.5) is 0 Å². The molecule has 1 aliphatic carbocycles. The van der Waals surface area contributed by atoms with Gasteiger partial charge in [0, 0.05) is 32.2 Å². The molecular formula is C17H22N4O3S. The van der Waals surface area contributed by atoms with Gasteiger partial charge in [0.25, 0.3) is 0 Å². The molecule has 1 unspecified atom stereocenters. The van der Waals surface area contributed by atoms with E-state index in [0.717, 1.165) is 12.8 Å². The maximum absolute atomic E-state index is 12.7. The van der Waals surface area contributed by atoms with E-state index >= 15 is 0 Å². The van der Waals surface area contributed by atoms with E-state index in [1.54, 1.807) is 0 Å². The Kier molecular flexibility index (Phi) is 5.08. The van der Waals surface area contributed by atoms with Gasteiger partial charge in [-0.1, -0.05) is 0 Å². The highest BCUT2D eigenvalue weighted by atomic mass is 32.2. The highest BCUT2D eigenvalue weighted by molar-refractivity contribution is 7.89. The molecule has 1 saturated heterocycles. The summed E-state index contributed by atoms with van der Waals surface area (Å²) in [5.74, 6) is 0.0194. The van der Waals surface area contributed by atoms with Crippen molar-refractivity contribution in [3.63, 3.8) is 0 Å². The summed E-state index contributed by atoms with van der Waals surface area (Å²) in [5, 5.41) is 11.8. The molecule has 3 rings (SSSR count). The molecule has 0 radical (unpaired) electrons. The van der Waals surface area contributed by atoms with Crippen LogP contribution in [0.3, 0.4) is 0 Å². The number of hydrogen-bond donors (Lipinski definition) is 1. The summed E-state index contributed by atoms with van der Waals surface area (Å²) in [6, 6.07) is 8.00. The van der Waals surface area contributed by atoms with Crippen LogP contribution in [0.2, 0.25) is 0 Å². The summed E-state index contributed by atoms with van der Waals surface area (Å²) in [6.07, 6.45) is 2.10. The van der Waals surface area contributed by atoms with Crippen LogP contribution in [-0.2, 0) is 14.8 Å². The van der Waals surface area contributed by atoms with Gasteiger partial charge in [0.2, 0.25) is 15.9 Å². The Morgan fingerprint density at radius 3 is 2.32 bits per heavy atom. The van der Waals surface area contributed by atoms with Crippen molar-refractivity contribution in [3.8, 4) is 6.07 Å². The number of nitrogens with one attached hydrogen (secondary N) is 1. The highest BCUT2D eigenvalue weighted by Crippen LogP contribution is 2.21. The molecule has 1 atom stereocenters. The minimum atomic E-state index is -3.57. The molecule has 2 fully saturated rings. The first-order valence-electron chi connectivity index (χ1n) is 8.46. The zero-order valence-corrected chi connectivity index (χ0v) is 15.0. The smallest absolute Gasteiger partial charge is 0.243 e. The van der Waals surface area contributed by atoms with E-state index in [4.69, 9.17) is 5.26 Å². The third kappa shape index (κ3) is 4.00. The van der Waals surface area contributed by atoms with E-state index in [0.29, 0.717) is 37.8 Å². The molecule has 0 aromatic heterocycles.